The molecule has 1 unspecified atom stereocenters. The topological polar surface area (TPSA) is 54.5 Å². The molecule has 0 saturated heterocycles. The molecule has 1 heterocycles. The highest BCUT2D eigenvalue weighted by molar-refractivity contribution is 7.14. The molecule has 6 heteroatoms. The number of thiazole rings is 1. The standard InChI is InChI=1S/C24H29N3O2S/c1-5-18-9-7-8-10-23(18)27(17(3)28)24-26-20(16-30-24)15-25-22(6-2)19-11-13-21(29-4)14-12-19/h7-14,16,22,25H,5-6,15H2,1-4H3. The zero-order chi connectivity index (χ0) is 21.5. The number of rotatable bonds is 9. The van der Waals surface area contributed by atoms with Gasteiger partial charge in [0.15, 0.2) is 5.13 Å². The van der Waals surface area contributed by atoms with Crippen LogP contribution in [0.4, 0.5) is 10.8 Å². The molecule has 30 heavy (non-hydrogen) atoms. The largest absolute Gasteiger partial charge is 0.497 e. The van der Waals surface area contributed by atoms with Gasteiger partial charge >= 0.3 is 0 Å². The van der Waals surface area contributed by atoms with Crippen molar-refractivity contribution in [3.8, 4) is 5.75 Å². The Bertz CT molecular complexity index is 969. The van der Waals surface area contributed by atoms with Gasteiger partial charge in [-0.1, -0.05) is 44.2 Å². The summed E-state index contributed by atoms with van der Waals surface area (Å²) in [5.41, 5.74) is 4.19. The van der Waals surface area contributed by atoms with E-state index in [2.05, 4.69) is 37.4 Å². The molecule has 0 saturated carbocycles. The summed E-state index contributed by atoms with van der Waals surface area (Å²) >= 11 is 1.50. The van der Waals surface area contributed by atoms with Crippen LogP contribution in [-0.4, -0.2) is 18.0 Å². The number of carbonyl (C=O) groups excluding carboxylic acids is 1. The number of benzene rings is 2. The minimum absolute atomic E-state index is 0.0329. The monoisotopic (exact) mass is 423 g/mol. The van der Waals surface area contributed by atoms with Crippen LogP contribution in [0.25, 0.3) is 0 Å². The molecule has 1 atom stereocenters. The van der Waals surface area contributed by atoms with Crippen molar-refractivity contribution >= 4 is 28.1 Å². The number of carbonyl (C=O) groups is 1. The molecule has 0 spiro atoms. The molecule has 0 aliphatic carbocycles. The van der Waals surface area contributed by atoms with Gasteiger partial charge in [-0.2, -0.15) is 0 Å². The van der Waals surface area contributed by atoms with Crippen molar-refractivity contribution < 1.29 is 9.53 Å². The number of methoxy groups -OCH3 is 1. The Hall–Kier alpha value is -2.70. The zero-order valence-electron chi connectivity index (χ0n) is 18.0. The van der Waals surface area contributed by atoms with E-state index < -0.39 is 0 Å². The van der Waals surface area contributed by atoms with Gasteiger partial charge in [-0.25, -0.2) is 4.98 Å². The van der Waals surface area contributed by atoms with Gasteiger partial charge < -0.3 is 10.1 Å². The van der Waals surface area contributed by atoms with Gasteiger partial charge in [0.05, 0.1) is 18.5 Å². The maximum absolute atomic E-state index is 12.4. The SMILES string of the molecule is CCc1ccccc1N(C(C)=O)c1nc(CNC(CC)c2ccc(OC)cc2)cs1. The van der Waals surface area contributed by atoms with Gasteiger partial charge in [-0.05, 0) is 42.2 Å². The predicted octanol–water partition coefficient (Wildman–Crippen LogP) is 5.64. The van der Waals surface area contributed by atoms with Crippen molar-refractivity contribution in [3.05, 3.63) is 70.7 Å². The van der Waals surface area contributed by atoms with Crippen LogP contribution in [0.3, 0.4) is 0 Å². The third-order valence-corrected chi connectivity index (χ3v) is 5.99. The van der Waals surface area contributed by atoms with E-state index in [1.807, 2.05) is 35.7 Å². The highest BCUT2D eigenvalue weighted by Gasteiger charge is 2.20. The second-order valence-electron chi connectivity index (χ2n) is 7.07. The number of amides is 1. The molecule has 0 fully saturated rings. The highest BCUT2D eigenvalue weighted by atomic mass is 32.1. The molecule has 0 aliphatic heterocycles. The van der Waals surface area contributed by atoms with Crippen LogP contribution in [0, 0.1) is 0 Å². The molecule has 2 aromatic carbocycles. The molecule has 1 aromatic heterocycles. The fourth-order valence-corrected chi connectivity index (χ4v) is 4.36. The lowest BCUT2D eigenvalue weighted by Gasteiger charge is -2.21. The van der Waals surface area contributed by atoms with Crippen LogP contribution in [0.2, 0.25) is 0 Å². The van der Waals surface area contributed by atoms with Crippen LogP contribution in [-0.2, 0) is 17.8 Å². The third kappa shape index (κ3) is 5.07. The van der Waals surface area contributed by atoms with Crippen molar-refractivity contribution in [2.45, 2.75) is 46.2 Å². The Balaban J connectivity index is 1.74. The third-order valence-electron chi connectivity index (χ3n) is 5.12. The first-order valence-electron chi connectivity index (χ1n) is 10.3. The number of ether oxygens (including phenoxy) is 1. The molecule has 3 aromatic rings. The molecule has 0 aliphatic rings. The molecule has 5 nitrogen and oxygen atoms in total. The van der Waals surface area contributed by atoms with Crippen LogP contribution in [0.5, 0.6) is 5.75 Å². The van der Waals surface area contributed by atoms with E-state index in [1.54, 1.807) is 18.9 Å². The maximum atomic E-state index is 12.4. The Morgan fingerprint density at radius 3 is 2.53 bits per heavy atom. The molecule has 3 rings (SSSR count). The van der Waals surface area contributed by atoms with Crippen LogP contribution in [0.1, 0.15) is 50.1 Å². The fraction of sp³-hybridized carbons (Fsp3) is 0.333. The minimum atomic E-state index is -0.0329. The summed E-state index contributed by atoms with van der Waals surface area (Å²) in [6, 6.07) is 16.4. The molecule has 1 N–H and O–H groups in total. The number of para-hydroxylation sites is 1. The normalized spacial score (nSPS) is 11.9. The Morgan fingerprint density at radius 2 is 1.90 bits per heavy atom. The summed E-state index contributed by atoms with van der Waals surface area (Å²) in [4.78, 5) is 18.9. The predicted molar refractivity (Wildman–Crippen MR) is 124 cm³/mol. The number of aryl methyl sites for hydroxylation is 1. The van der Waals surface area contributed by atoms with Crippen LogP contribution in [0.15, 0.2) is 53.9 Å². The smallest absolute Gasteiger partial charge is 0.230 e. The number of nitrogens with zero attached hydrogens (tertiary/aromatic N) is 2. The van der Waals surface area contributed by atoms with Crippen molar-refractivity contribution in [1.82, 2.24) is 10.3 Å². The van der Waals surface area contributed by atoms with E-state index in [9.17, 15) is 4.79 Å². The quantitative estimate of drug-likeness (QED) is 0.484. The van der Waals surface area contributed by atoms with E-state index in [4.69, 9.17) is 9.72 Å². The fourth-order valence-electron chi connectivity index (χ4n) is 3.48. The first-order valence-corrected chi connectivity index (χ1v) is 11.2. The van der Waals surface area contributed by atoms with Gasteiger partial charge in [-0.3, -0.25) is 9.69 Å². The van der Waals surface area contributed by atoms with Crippen molar-refractivity contribution in [3.63, 3.8) is 0 Å². The second-order valence-corrected chi connectivity index (χ2v) is 7.91. The van der Waals surface area contributed by atoms with Gasteiger partial charge in [0.2, 0.25) is 5.91 Å². The Labute approximate surface area is 182 Å². The summed E-state index contributed by atoms with van der Waals surface area (Å²) in [5.74, 6) is 0.823. The summed E-state index contributed by atoms with van der Waals surface area (Å²) in [6.07, 6.45) is 1.83. The molecule has 158 valence electrons. The minimum Gasteiger partial charge on any atom is -0.497 e. The molecular formula is C24H29N3O2S. The number of hydrogen-bond acceptors (Lipinski definition) is 5. The number of aromatic nitrogens is 1. The second kappa shape index (κ2) is 10.4. The van der Waals surface area contributed by atoms with Crippen LogP contribution >= 0.6 is 11.3 Å². The lowest BCUT2D eigenvalue weighted by atomic mass is 10.0. The lowest BCUT2D eigenvalue weighted by molar-refractivity contribution is -0.115. The molecule has 0 bridgehead atoms. The van der Waals surface area contributed by atoms with E-state index in [0.29, 0.717) is 11.7 Å². The van der Waals surface area contributed by atoms with E-state index >= 15 is 0 Å². The molecular weight excluding hydrogens is 394 g/mol. The summed E-state index contributed by atoms with van der Waals surface area (Å²) in [7, 11) is 1.67. The summed E-state index contributed by atoms with van der Waals surface area (Å²) < 4.78 is 5.25. The maximum Gasteiger partial charge on any atom is 0.230 e. The Morgan fingerprint density at radius 1 is 1.17 bits per heavy atom. The van der Waals surface area contributed by atoms with Gasteiger partial charge in [0.1, 0.15) is 5.75 Å². The highest BCUT2D eigenvalue weighted by Crippen LogP contribution is 2.32. The average molecular weight is 424 g/mol. The van der Waals surface area contributed by atoms with Crippen molar-refractivity contribution in [1.29, 1.82) is 0 Å². The first kappa shape index (κ1) is 22.0. The molecule has 1 amide bonds. The van der Waals surface area contributed by atoms with E-state index in [0.717, 1.165) is 35.5 Å². The summed E-state index contributed by atoms with van der Waals surface area (Å²) in [5, 5.41) is 6.31. The van der Waals surface area contributed by atoms with E-state index in [-0.39, 0.29) is 11.9 Å². The van der Waals surface area contributed by atoms with Gasteiger partial charge in [-0.15, -0.1) is 11.3 Å². The number of anilines is 2. The number of nitrogens with one attached hydrogen (secondary N) is 1. The van der Waals surface area contributed by atoms with Crippen molar-refractivity contribution in [2.24, 2.45) is 0 Å². The van der Waals surface area contributed by atoms with Gasteiger partial charge in [0, 0.05) is 24.9 Å². The molecule has 0 radical (unpaired) electrons. The number of hydrogen-bond donors (Lipinski definition) is 1. The first-order chi connectivity index (χ1) is 14.6. The summed E-state index contributed by atoms with van der Waals surface area (Å²) in [6.45, 7) is 6.48. The van der Waals surface area contributed by atoms with Crippen molar-refractivity contribution in [2.75, 3.05) is 12.0 Å². The average Bonchev–Trinajstić information content (AvgIpc) is 3.23. The van der Waals surface area contributed by atoms with Crippen LogP contribution < -0.4 is 15.0 Å². The van der Waals surface area contributed by atoms with E-state index in [1.165, 1.54) is 16.9 Å². The zero-order valence-corrected chi connectivity index (χ0v) is 18.8. The Kier molecular flexibility index (Phi) is 7.60. The lowest BCUT2D eigenvalue weighted by Crippen LogP contribution is -2.24. The van der Waals surface area contributed by atoms with Gasteiger partial charge in [0.25, 0.3) is 0 Å².